The first kappa shape index (κ1) is 23.0. The molecule has 0 atom stereocenters. The second-order valence-corrected chi connectivity index (χ2v) is 8.60. The van der Waals surface area contributed by atoms with Crippen molar-refractivity contribution >= 4 is 50.4 Å². The third-order valence-corrected chi connectivity index (χ3v) is 5.82. The molecule has 0 saturated carbocycles. The highest BCUT2D eigenvalue weighted by molar-refractivity contribution is 9.10. The smallest absolute Gasteiger partial charge is 0.244 e. The Balaban J connectivity index is 1.39. The lowest BCUT2D eigenvalue weighted by Crippen LogP contribution is -2.19. The number of rotatable bonds is 7. The summed E-state index contributed by atoms with van der Waals surface area (Å²) in [5.74, 6) is -0.121. The van der Waals surface area contributed by atoms with Crippen molar-refractivity contribution in [3.05, 3.63) is 111 Å². The molecule has 4 aromatic rings. The number of hydrogen-bond donors (Lipinski definition) is 1. The Bertz CT molecular complexity index is 1300. The van der Waals surface area contributed by atoms with Crippen LogP contribution in [0, 0.1) is 5.82 Å². The van der Waals surface area contributed by atoms with Crippen molar-refractivity contribution in [3.63, 3.8) is 0 Å². The topological polar surface area (TPSA) is 50.7 Å². The van der Waals surface area contributed by atoms with Crippen LogP contribution < -0.4 is 10.2 Å². The van der Waals surface area contributed by atoms with Crippen LogP contribution in [0.1, 0.15) is 16.7 Å². The van der Waals surface area contributed by atoms with E-state index in [0.717, 1.165) is 16.3 Å². The lowest BCUT2D eigenvalue weighted by molar-refractivity contribution is -0.120. The van der Waals surface area contributed by atoms with Crippen LogP contribution in [0.15, 0.2) is 88.4 Å². The monoisotopic (exact) mass is 524 g/mol. The molecular weight excluding hydrogens is 507 g/mol. The van der Waals surface area contributed by atoms with E-state index in [1.165, 1.54) is 18.3 Å². The number of hydrazone groups is 1. The van der Waals surface area contributed by atoms with Crippen LogP contribution in [-0.2, 0) is 17.8 Å². The molecule has 33 heavy (non-hydrogen) atoms. The normalized spacial score (nSPS) is 11.1. The van der Waals surface area contributed by atoms with Crippen LogP contribution >= 0.6 is 27.5 Å². The largest absolute Gasteiger partial charge is 0.486 e. The number of carbonyl (C=O) groups is 1. The number of carbonyl (C=O) groups excluding carboxylic acids is 1. The molecule has 0 aromatic heterocycles. The van der Waals surface area contributed by atoms with Gasteiger partial charge in [0.05, 0.1) is 22.1 Å². The summed E-state index contributed by atoms with van der Waals surface area (Å²) in [6.45, 7) is 0.368. The molecule has 0 spiro atoms. The quantitative estimate of drug-likeness (QED) is 0.216. The Kier molecular flexibility index (Phi) is 7.37. The Hall–Kier alpha value is -3.22. The number of amides is 1. The van der Waals surface area contributed by atoms with Crippen molar-refractivity contribution in [2.45, 2.75) is 13.0 Å². The van der Waals surface area contributed by atoms with Crippen LogP contribution in [0.4, 0.5) is 4.39 Å². The van der Waals surface area contributed by atoms with Gasteiger partial charge in [0.1, 0.15) is 12.4 Å². The molecule has 4 rings (SSSR count). The SMILES string of the molecule is O=C(Cc1ccc(F)cc1)N/N=C/c1cc(Cl)c(OCc2cccc3ccccc23)c(Br)c1. The minimum atomic E-state index is -0.343. The maximum absolute atomic E-state index is 13.0. The van der Waals surface area contributed by atoms with E-state index in [-0.39, 0.29) is 18.1 Å². The van der Waals surface area contributed by atoms with Crippen molar-refractivity contribution in [2.75, 3.05) is 0 Å². The first-order chi connectivity index (χ1) is 16.0. The fraction of sp³-hybridized carbons (Fsp3) is 0.0769. The third kappa shape index (κ3) is 5.97. The Labute approximate surface area is 204 Å². The van der Waals surface area contributed by atoms with E-state index < -0.39 is 0 Å². The molecule has 0 heterocycles. The number of halogens is 3. The van der Waals surface area contributed by atoms with Gasteiger partial charge in [0, 0.05) is 0 Å². The van der Waals surface area contributed by atoms with Crippen LogP contribution in [0.25, 0.3) is 10.8 Å². The summed E-state index contributed by atoms with van der Waals surface area (Å²) in [6.07, 6.45) is 1.59. The van der Waals surface area contributed by atoms with Crippen LogP contribution in [-0.4, -0.2) is 12.1 Å². The molecule has 1 N–H and O–H groups in total. The van der Waals surface area contributed by atoms with E-state index in [0.29, 0.717) is 33.0 Å². The average Bonchev–Trinajstić information content (AvgIpc) is 2.80. The van der Waals surface area contributed by atoms with Crippen molar-refractivity contribution in [2.24, 2.45) is 5.10 Å². The molecule has 0 fully saturated rings. The fourth-order valence-electron chi connectivity index (χ4n) is 3.37. The van der Waals surface area contributed by atoms with Crippen LogP contribution in [0.2, 0.25) is 5.02 Å². The van der Waals surface area contributed by atoms with Crippen molar-refractivity contribution in [3.8, 4) is 5.75 Å². The highest BCUT2D eigenvalue weighted by Crippen LogP contribution is 2.35. The maximum atomic E-state index is 13.0. The molecule has 0 aliphatic rings. The van der Waals surface area contributed by atoms with E-state index >= 15 is 0 Å². The van der Waals surface area contributed by atoms with Gasteiger partial charge in [-0.3, -0.25) is 4.79 Å². The number of nitrogens with one attached hydrogen (secondary N) is 1. The van der Waals surface area contributed by atoms with Crippen molar-refractivity contribution in [1.29, 1.82) is 0 Å². The molecule has 4 nitrogen and oxygen atoms in total. The Morgan fingerprint density at radius 1 is 1.06 bits per heavy atom. The first-order valence-corrected chi connectivity index (χ1v) is 11.3. The molecule has 0 unspecified atom stereocenters. The van der Waals surface area contributed by atoms with Gasteiger partial charge in [-0.1, -0.05) is 66.2 Å². The highest BCUT2D eigenvalue weighted by atomic mass is 79.9. The zero-order chi connectivity index (χ0) is 23.2. The zero-order valence-corrected chi connectivity index (χ0v) is 19.7. The summed E-state index contributed by atoms with van der Waals surface area (Å²) < 4.78 is 19.6. The first-order valence-electron chi connectivity index (χ1n) is 10.1. The van der Waals surface area contributed by atoms with Gasteiger partial charge in [0.25, 0.3) is 0 Å². The molecule has 0 radical (unpaired) electrons. The molecule has 7 heteroatoms. The molecule has 1 amide bonds. The lowest BCUT2D eigenvalue weighted by Gasteiger charge is -2.12. The molecule has 0 aliphatic heterocycles. The number of fused-ring (bicyclic) bond motifs is 1. The Morgan fingerprint density at radius 2 is 1.82 bits per heavy atom. The van der Waals surface area contributed by atoms with Gasteiger partial charge >= 0.3 is 0 Å². The predicted molar refractivity (Wildman–Crippen MR) is 133 cm³/mol. The zero-order valence-electron chi connectivity index (χ0n) is 17.4. The average molecular weight is 526 g/mol. The summed E-state index contributed by atoms with van der Waals surface area (Å²) in [5, 5.41) is 6.68. The minimum absolute atomic E-state index is 0.100. The van der Waals surface area contributed by atoms with E-state index in [4.69, 9.17) is 16.3 Å². The van der Waals surface area contributed by atoms with E-state index in [1.807, 2.05) is 24.3 Å². The maximum Gasteiger partial charge on any atom is 0.244 e. The van der Waals surface area contributed by atoms with Crippen LogP contribution in [0.5, 0.6) is 5.75 Å². The second-order valence-electron chi connectivity index (χ2n) is 7.34. The minimum Gasteiger partial charge on any atom is -0.486 e. The van der Waals surface area contributed by atoms with Gasteiger partial charge in [-0.15, -0.1) is 0 Å². The summed E-state index contributed by atoms with van der Waals surface area (Å²) in [5.41, 5.74) is 4.90. The van der Waals surface area contributed by atoms with E-state index in [1.54, 1.807) is 24.3 Å². The van der Waals surface area contributed by atoms with Gasteiger partial charge in [-0.25, -0.2) is 9.82 Å². The summed E-state index contributed by atoms with van der Waals surface area (Å²) in [4.78, 5) is 12.0. The number of hydrogen-bond acceptors (Lipinski definition) is 3. The standard InChI is InChI=1S/C26H19BrClFN2O2/c27-23-12-18(15-30-31-25(32)14-17-8-10-21(29)11-9-17)13-24(28)26(23)33-16-20-6-3-5-19-4-1-2-7-22(19)20/h1-13,15H,14,16H2,(H,31,32)/b30-15+. The van der Waals surface area contributed by atoms with Gasteiger partial charge < -0.3 is 4.74 Å². The molecular formula is C26H19BrClFN2O2. The van der Waals surface area contributed by atoms with E-state index in [9.17, 15) is 9.18 Å². The highest BCUT2D eigenvalue weighted by Gasteiger charge is 2.11. The number of benzene rings is 4. The Morgan fingerprint density at radius 3 is 2.61 bits per heavy atom. The van der Waals surface area contributed by atoms with E-state index in [2.05, 4.69) is 44.7 Å². The van der Waals surface area contributed by atoms with Gasteiger partial charge in [-0.05, 0) is 67.7 Å². The lowest BCUT2D eigenvalue weighted by atomic mass is 10.1. The van der Waals surface area contributed by atoms with Gasteiger partial charge in [0.2, 0.25) is 5.91 Å². The number of ether oxygens (including phenoxy) is 1. The van der Waals surface area contributed by atoms with Gasteiger partial charge in [0.15, 0.2) is 5.75 Å². The van der Waals surface area contributed by atoms with Crippen molar-refractivity contribution < 1.29 is 13.9 Å². The molecule has 166 valence electrons. The molecule has 0 bridgehead atoms. The summed E-state index contributed by atoms with van der Waals surface area (Å²) >= 11 is 9.95. The fourth-order valence-corrected chi connectivity index (χ4v) is 4.36. The molecule has 0 aliphatic carbocycles. The molecule has 0 saturated heterocycles. The van der Waals surface area contributed by atoms with Gasteiger partial charge in [-0.2, -0.15) is 5.10 Å². The van der Waals surface area contributed by atoms with Crippen LogP contribution in [0.3, 0.4) is 0 Å². The third-order valence-electron chi connectivity index (χ3n) is 4.95. The summed E-state index contributed by atoms with van der Waals surface area (Å²) in [6, 6.07) is 23.5. The summed E-state index contributed by atoms with van der Waals surface area (Å²) in [7, 11) is 0. The predicted octanol–water partition coefficient (Wildman–Crippen LogP) is 6.67. The second kappa shape index (κ2) is 10.6. The number of nitrogens with zero attached hydrogens (tertiary/aromatic N) is 1. The van der Waals surface area contributed by atoms with Crippen molar-refractivity contribution in [1.82, 2.24) is 5.43 Å². The molecule has 4 aromatic carbocycles.